The number of hydrogen-bond acceptors (Lipinski definition) is 3. The van der Waals surface area contributed by atoms with E-state index in [1.54, 1.807) is 11.0 Å². The molecule has 2 amide bonds. The maximum absolute atomic E-state index is 12.2. The number of carbonyl (C=O) groups excluding carboxylic acids is 2. The third kappa shape index (κ3) is 4.44. The van der Waals surface area contributed by atoms with Crippen LogP contribution in [0.4, 0.5) is 0 Å². The zero-order valence-electron chi connectivity index (χ0n) is 12.0. The van der Waals surface area contributed by atoms with E-state index in [0.717, 1.165) is 5.56 Å². The number of rotatable bonds is 4. The number of ether oxygens (including phenoxy) is 1. The number of morpholine rings is 1. The summed E-state index contributed by atoms with van der Waals surface area (Å²) in [6.07, 6.45) is 0. The van der Waals surface area contributed by atoms with Gasteiger partial charge in [-0.25, -0.2) is 0 Å². The zero-order valence-corrected chi connectivity index (χ0v) is 12.8. The number of hydrogen-bond donors (Lipinski definition) is 0. The van der Waals surface area contributed by atoms with E-state index in [1.165, 1.54) is 11.8 Å². The molecule has 1 aromatic rings. The first kappa shape index (κ1) is 15.8. The fourth-order valence-corrected chi connectivity index (χ4v) is 2.38. The van der Waals surface area contributed by atoms with E-state index in [-0.39, 0.29) is 18.4 Å². The molecule has 5 nitrogen and oxygen atoms in total. The van der Waals surface area contributed by atoms with Crippen molar-refractivity contribution in [3.05, 3.63) is 34.9 Å². The van der Waals surface area contributed by atoms with E-state index in [9.17, 15) is 9.59 Å². The van der Waals surface area contributed by atoms with Crippen LogP contribution in [0.25, 0.3) is 0 Å². The van der Waals surface area contributed by atoms with Crippen LogP contribution in [0.2, 0.25) is 5.02 Å². The number of benzene rings is 1. The molecule has 21 heavy (non-hydrogen) atoms. The summed E-state index contributed by atoms with van der Waals surface area (Å²) in [5.41, 5.74) is 0.837. The Hall–Kier alpha value is -1.59. The highest BCUT2D eigenvalue weighted by atomic mass is 35.5. The van der Waals surface area contributed by atoms with E-state index >= 15 is 0 Å². The summed E-state index contributed by atoms with van der Waals surface area (Å²) in [6, 6.07) is 7.34. The van der Waals surface area contributed by atoms with Gasteiger partial charge in [0.05, 0.1) is 13.2 Å². The van der Waals surface area contributed by atoms with Crippen LogP contribution in [0.3, 0.4) is 0 Å². The maximum atomic E-state index is 12.2. The fourth-order valence-electron chi connectivity index (χ4n) is 2.19. The molecule has 0 unspecified atom stereocenters. The number of amides is 2. The maximum Gasteiger partial charge on any atom is 0.242 e. The monoisotopic (exact) mass is 310 g/mol. The molecule has 0 saturated carbocycles. The Kier molecular flexibility index (Phi) is 5.59. The highest BCUT2D eigenvalue weighted by Crippen LogP contribution is 2.17. The molecule has 0 aliphatic carbocycles. The standard InChI is InChI=1S/C15H19ClN2O3/c1-12(19)18(10-13-4-2-3-5-14(13)16)11-15(20)17-6-8-21-9-7-17/h2-5H,6-11H2,1H3. The summed E-state index contributed by atoms with van der Waals surface area (Å²) in [6.45, 7) is 4.13. The molecule has 1 aromatic carbocycles. The molecule has 0 aromatic heterocycles. The molecule has 0 N–H and O–H groups in total. The van der Waals surface area contributed by atoms with Gasteiger partial charge in [0.15, 0.2) is 0 Å². The van der Waals surface area contributed by atoms with E-state index in [2.05, 4.69) is 0 Å². The molecule has 0 radical (unpaired) electrons. The van der Waals surface area contributed by atoms with Gasteiger partial charge in [-0.1, -0.05) is 29.8 Å². The Morgan fingerprint density at radius 1 is 1.29 bits per heavy atom. The molecular formula is C15H19ClN2O3. The van der Waals surface area contributed by atoms with E-state index < -0.39 is 0 Å². The van der Waals surface area contributed by atoms with Crippen molar-refractivity contribution in [2.45, 2.75) is 13.5 Å². The third-order valence-electron chi connectivity index (χ3n) is 3.45. The molecule has 1 heterocycles. The van der Waals surface area contributed by atoms with Crippen LogP contribution < -0.4 is 0 Å². The van der Waals surface area contributed by atoms with Crippen molar-refractivity contribution < 1.29 is 14.3 Å². The van der Waals surface area contributed by atoms with Gasteiger partial charge in [-0.05, 0) is 11.6 Å². The fraction of sp³-hybridized carbons (Fsp3) is 0.467. The van der Waals surface area contributed by atoms with Crippen molar-refractivity contribution in [1.29, 1.82) is 0 Å². The first-order chi connectivity index (χ1) is 10.1. The van der Waals surface area contributed by atoms with Gasteiger partial charge in [-0.2, -0.15) is 0 Å². The van der Waals surface area contributed by atoms with Crippen molar-refractivity contribution in [3.8, 4) is 0 Å². The van der Waals surface area contributed by atoms with Crippen LogP contribution >= 0.6 is 11.6 Å². The quantitative estimate of drug-likeness (QED) is 0.848. The predicted molar refractivity (Wildman–Crippen MR) is 79.9 cm³/mol. The number of halogens is 1. The minimum Gasteiger partial charge on any atom is -0.378 e. The van der Waals surface area contributed by atoms with E-state index in [4.69, 9.17) is 16.3 Å². The van der Waals surface area contributed by atoms with Gasteiger partial charge in [0, 0.05) is 31.6 Å². The van der Waals surface area contributed by atoms with Gasteiger partial charge >= 0.3 is 0 Å². The van der Waals surface area contributed by atoms with Gasteiger partial charge in [0.25, 0.3) is 0 Å². The average Bonchev–Trinajstić information content (AvgIpc) is 2.49. The molecule has 0 bridgehead atoms. The van der Waals surface area contributed by atoms with Gasteiger partial charge in [0.2, 0.25) is 11.8 Å². The number of carbonyl (C=O) groups is 2. The molecular weight excluding hydrogens is 292 g/mol. The van der Waals surface area contributed by atoms with Crippen LogP contribution in [-0.4, -0.2) is 54.5 Å². The van der Waals surface area contributed by atoms with E-state index in [1.807, 2.05) is 18.2 Å². The Morgan fingerprint density at radius 2 is 1.95 bits per heavy atom. The second-order valence-electron chi connectivity index (χ2n) is 4.96. The largest absolute Gasteiger partial charge is 0.378 e. The van der Waals surface area contributed by atoms with Crippen molar-refractivity contribution >= 4 is 23.4 Å². The average molecular weight is 311 g/mol. The second-order valence-corrected chi connectivity index (χ2v) is 5.37. The lowest BCUT2D eigenvalue weighted by Gasteiger charge is -2.29. The smallest absolute Gasteiger partial charge is 0.242 e. The molecule has 2 rings (SSSR count). The van der Waals surface area contributed by atoms with Crippen LogP contribution in [0.15, 0.2) is 24.3 Å². The first-order valence-electron chi connectivity index (χ1n) is 6.92. The van der Waals surface area contributed by atoms with E-state index in [0.29, 0.717) is 37.9 Å². The molecule has 0 atom stereocenters. The summed E-state index contributed by atoms with van der Waals surface area (Å²) < 4.78 is 5.22. The molecule has 1 fully saturated rings. The summed E-state index contributed by atoms with van der Waals surface area (Å²) in [7, 11) is 0. The molecule has 6 heteroatoms. The summed E-state index contributed by atoms with van der Waals surface area (Å²) in [5, 5.41) is 0.600. The molecule has 1 saturated heterocycles. The molecule has 1 aliphatic rings. The predicted octanol–water partition coefficient (Wildman–Crippen LogP) is 1.55. The van der Waals surface area contributed by atoms with Crippen molar-refractivity contribution in [1.82, 2.24) is 9.80 Å². The normalized spacial score (nSPS) is 14.9. The topological polar surface area (TPSA) is 49.9 Å². The molecule has 1 aliphatic heterocycles. The highest BCUT2D eigenvalue weighted by Gasteiger charge is 2.21. The SMILES string of the molecule is CC(=O)N(CC(=O)N1CCOCC1)Cc1ccccc1Cl. The third-order valence-corrected chi connectivity index (χ3v) is 3.82. The van der Waals surface area contributed by atoms with Gasteiger partial charge < -0.3 is 14.5 Å². The lowest BCUT2D eigenvalue weighted by molar-refractivity contribution is -0.142. The summed E-state index contributed by atoms with van der Waals surface area (Å²) in [5.74, 6) is -0.197. The van der Waals surface area contributed by atoms with Crippen molar-refractivity contribution in [2.24, 2.45) is 0 Å². The number of nitrogens with zero attached hydrogens (tertiary/aromatic N) is 2. The first-order valence-corrected chi connectivity index (χ1v) is 7.30. The Balaban J connectivity index is 2.00. The summed E-state index contributed by atoms with van der Waals surface area (Å²) >= 11 is 6.11. The van der Waals surface area contributed by atoms with Crippen molar-refractivity contribution in [2.75, 3.05) is 32.8 Å². The van der Waals surface area contributed by atoms with Crippen LogP contribution in [0.1, 0.15) is 12.5 Å². The highest BCUT2D eigenvalue weighted by molar-refractivity contribution is 6.31. The minimum atomic E-state index is -0.142. The Morgan fingerprint density at radius 3 is 2.57 bits per heavy atom. The zero-order chi connectivity index (χ0) is 15.2. The van der Waals surface area contributed by atoms with Crippen LogP contribution in [0.5, 0.6) is 0 Å². The summed E-state index contributed by atoms with van der Waals surface area (Å²) in [4.78, 5) is 27.2. The van der Waals surface area contributed by atoms with Crippen molar-refractivity contribution in [3.63, 3.8) is 0 Å². The van der Waals surface area contributed by atoms with Gasteiger partial charge in [0.1, 0.15) is 6.54 Å². The second kappa shape index (κ2) is 7.43. The van der Waals surface area contributed by atoms with Gasteiger partial charge in [-0.15, -0.1) is 0 Å². The molecule has 0 spiro atoms. The minimum absolute atomic E-state index is 0.0550. The lowest BCUT2D eigenvalue weighted by Crippen LogP contribution is -2.46. The molecule has 114 valence electrons. The Bertz CT molecular complexity index is 515. The lowest BCUT2D eigenvalue weighted by atomic mass is 10.2. The van der Waals surface area contributed by atoms with Crippen LogP contribution in [0, 0.1) is 0 Å². The van der Waals surface area contributed by atoms with Crippen LogP contribution in [-0.2, 0) is 20.9 Å². The Labute approximate surface area is 129 Å². The van der Waals surface area contributed by atoms with Gasteiger partial charge in [-0.3, -0.25) is 9.59 Å².